The van der Waals surface area contributed by atoms with E-state index in [9.17, 15) is 0 Å². The molecule has 1 aromatic carbocycles. The average Bonchev–Trinajstić information content (AvgIpc) is 2.71. The summed E-state index contributed by atoms with van der Waals surface area (Å²) in [5.41, 5.74) is 3.58. The number of alkyl halides is 1. The maximum Gasteiger partial charge on any atom is 0.0398 e. The zero-order valence-electron chi connectivity index (χ0n) is 12.4. The summed E-state index contributed by atoms with van der Waals surface area (Å²) in [6.45, 7) is 2.49. The lowest BCUT2D eigenvalue weighted by Crippen LogP contribution is -2.41. The molecular weight excluding hydrogens is 310 g/mol. The number of fused-ring (bicyclic) bond motifs is 1. The highest BCUT2D eigenvalue weighted by molar-refractivity contribution is 9.09. The minimum atomic E-state index is 0.510. The molecule has 0 unspecified atom stereocenters. The first kappa shape index (κ1) is 14.4. The van der Waals surface area contributed by atoms with Gasteiger partial charge in [-0.2, -0.15) is 0 Å². The first-order chi connectivity index (χ1) is 9.83. The fraction of sp³-hybridized carbons (Fsp3) is 0.667. The molecule has 0 radical (unpaired) electrons. The standard InChI is InChI=1S/C18H26BrN/c19-14-18(11-5-1-6-12-18)15-20-13-7-4-9-16-8-2-3-10-17(16)20/h2-3,8,10H,1,4-7,9,11-15H2. The average molecular weight is 336 g/mol. The normalized spacial score (nSPS) is 22.1. The van der Waals surface area contributed by atoms with E-state index < -0.39 is 0 Å². The molecule has 1 heterocycles. The summed E-state index contributed by atoms with van der Waals surface area (Å²) < 4.78 is 0. The summed E-state index contributed by atoms with van der Waals surface area (Å²) in [4.78, 5) is 2.69. The van der Waals surface area contributed by atoms with E-state index in [-0.39, 0.29) is 0 Å². The predicted molar refractivity (Wildman–Crippen MR) is 90.9 cm³/mol. The molecule has 1 aromatic rings. The van der Waals surface area contributed by atoms with E-state index in [0.717, 1.165) is 0 Å². The zero-order chi connectivity index (χ0) is 13.8. The van der Waals surface area contributed by atoms with Gasteiger partial charge in [0.25, 0.3) is 0 Å². The van der Waals surface area contributed by atoms with Crippen LogP contribution in [-0.4, -0.2) is 18.4 Å². The molecule has 1 aliphatic carbocycles. The lowest BCUT2D eigenvalue weighted by molar-refractivity contribution is 0.229. The van der Waals surface area contributed by atoms with Gasteiger partial charge >= 0.3 is 0 Å². The van der Waals surface area contributed by atoms with Crippen LogP contribution in [0.5, 0.6) is 0 Å². The van der Waals surface area contributed by atoms with Crippen molar-refractivity contribution in [2.75, 3.05) is 23.3 Å². The molecule has 0 N–H and O–H groups in total. The van der Waals surface area contributed by atoms with E-state index in [0.29, 0.717) is 5.41 Å². The van der Waals surface area contributed by atoms with Crippen LogP contribution >= 0.6 is 15.9 Å². The Labute approximate surface area is 131 Å². The van der Waals surface area contributed by atoms with E-state index in [1.54, 1.807) is 5.56 Å². The maximum absolute atomic E-state index is 3.83. The van der Waals surface area contributed by atoms with Crippen molar-refractivity contribution in [3.8, 4) is 0 Å². The van der Waals surface area contributed by atoms with Crippen molar-refractivity contribution in [2.24, 2.45) is 5.41 Å². The van der Waals surface area contributed by atoms with Gasteiger partial charge in [-0.3, -0.25) is 0 Å². The molecule has 0 bridgehead atoms. The quantitative estimate of drug-likeness (QED) is 0.688. The van der Waals surface area contributed by atoms with Crippen LogP contribution in [0.4, 0.5) is 5.69 Å². The first-order valence-electron chi connectivity index (χ1n) is 8.22. The Kier molecular flexibility index (Phi) is 4.70. The molecule has 2 heteroatoms. The molecule has 1 saturated carbocycles. The number of nitrogens with zero attached hydrogens (tertiary/aromatic N) is 1. The number of halogens is 1. The SMILES string of the molecule is BrCC1(CN2CCCCc3ccccc32)CCCCC1. The van der Waals surface area contributed by atoms with Gasteiger partial charge in [0, 0.05) is 24.1 Å². The molecule has 20 heavy (non-hydrogen) atoms. The number of hydrogen-bond donors (Lipinski definition) is 0. The van der Waals surface area contributed by atoms with Gasteiger partial charge < -0.3 is 4.90 Å². The summed E-state index contributed by atoms with van der Waals surface area (Å²) in [6, 6.07) is 9.07. The van der Waals surface area contributed by atoms with Gasteiger partial charge in [-0.1, -0.05) is 53.4 Å². The number of benzene rings is 1. The lowest BCUT2D eigenvalue weighted by Gasteiger charge is -2.41. The third kappa shape index (κ3) is 3.05. The molecular formula is C18H26BrN. The van der Waals surface area contributed by atoms with Crippen molar-refractivity contribution in [3.63, 3.8) is 0 Å². The van der Waals surface area contributed by atoms with E-state index in [4.69, 9.17) is 0 Å². The van der Waals surface area contributed by atoms with Crippen LogP contribution in [0.2, 0.25) is 0 Å². The Bertz CT molecular complexity index is 437. The topological polar surface area (TPSA) is 3.24 Å². The molecule has 1 aliphatic heterocycles. The summed E-state index contributed by atoms with van der Waals surface area (Å²) in [6.07, 6.45) is 11.0. The van der Waals surface area contributed by atoms with Crippen molar-refractivity contribution < 1.29 is 0 Å². The van der Waals surface area contributed by atoms with Gasteiger partial charge in [-0.25, -0.2) is 0 Å². The second-order valence-electron chi connectivity index (χ2n) is 6.70. The molecule has 110 valence electrons. The molecule has 0 spiro atoms. The smallest absolute Gasteiger partial charge is 0.0398 e. The van der Waals surface area contributed by atoms with Gasteiger partial charge in [-0.05, 0) is 49.1 Å². The molecule has 0 atom stereocenters. The van der Waals surface area contributed by atoms with Gasteiger partial charge in [0.1, 0.15) is 0 Å². The van der Waals surface area contributed by atoms with E-state index >= 15 is 0 Å². The largest absolute Gasteiger partial charge is 0.371 e. The van der Waals surface area contributed by atoms with Crippen molar-refractivity contribution in [1.82, 2.24) is 0 Å². The Balaban J connectivity index is 1.82. The summed E-state index contributed by atoms with van der Waals surface area (Å²) in [5, 5.41) is 1.17. The van der Waals surface area contributed by atoms with Crippen LogP contribution in [0.25, 0.3) is 0 Å². The molecule has 3 rings (SSSR count). The third-order valence-electron chi connectivity index (χ3n) is 5.18. The number of anilines is 1. The Morgan fingerprint density at radius 1 is 1.00 bits per heavy atom. The molecule has 0 amide bonds. The molecule has 0 aromatic heterocycles. The van der Waals surface area contributed by atoms with Crippen molar-refractivity contribution >= 4 is 21.6 Å². The third-order valence-corrected chi connectivity index (χ3v) is 6.37. The highest BCUT2D eigenvalue weighted by Crippen LogP contribution is 2.40. The van der Waals surface area contributed by atoms with Crippen LogP contribution in [0, 0.1) is 5.41 Å². The number of rotatable bonds is 3. The van der Waals surface area contributed by atoms with E-state index in [1.165, 1.54) is 75.5 Å². The van der Waals surface area contributed by atoms with Crippen molar-refractivity contribution in [3.05, 3.63) is 29.8 Å². The highest BCUT2D eigenvalue weighted by atomic mass is 79.9. The fourth-order valence-electron chi connectivity index (χ4n) is 3.97. The zero-order valence-corrected chi connectivity index (χ0v) is 14.0. The second kappa shape index (κ2) is 6.51. The minimum absolute atomic E-state index is 0.510. The van der Waals surface area contributed by atoms with Crippen LogP contribution in [-0.2, 0) is 6.42 Å². The van der Waals surface area contributed by atoms with Gasteiger partial charge in [0.05, 0.1) is 0 Å². The molecule has 1 nitrogen and oxygen atoms in total. The van der Waals surface area contributed by atoms with Gasteiger partial charge in [0.15, 0.2) is 0 Å². The van der Waals surface area contributed by atoms with E-state index in [2.05, 4.69) is 45.1 Å². The minimum Gasteiger partial charge on any atom is -0.371 e. The van der Waals surface area contributed by atoms with Crippen LogP contribution < -0.4 is 4.90 Å². The second-order valence-corrected chi connectivity index (χ2v) is 7.26. The first-order valence-corrected chi connectivity index (χ1v) is 9.34. The summed E-state index contributed by atoms with van der Waals surface area (Å²) in [7, 11) is 0. The van der Waals surface area contributed by atoms with Gasteiger partial charge in [-0.15, -0.1) is 0 Å². The number of para-hydroxylation sites is 1. The van der Waals surface area contributed by atoms with Gasteiger partial charge in [0.2, 0.25) is 0 Å². The van der Waals surface area contributed by atoms with Crippen LogP contribution in [0.15, 0.2) is 24.3 Å². The highest BCUT2D eigenvalue weighted by Gasteiger charge is 2.33. The maximum atomic E-state index is 3.83. The number of hydrogen-bond acceptors (Lipinski definition) is 1. The Morgan fingerprint density at radius 3 is 2.60 bits per heavy atom. The van der Waals surface area contributed by atoms with Crippen LogP contribution in [0.3, 0.4) is 0 Å². The molecule has 0 saturated heterocycles. The fourth-order valence-corrected chi connectivity index (χ4v) is 4.71. The summed E-state index contributed by atoms with van der Waals surface area (Å²) in [5.74, 6) is 0. The molecule has 1 fully saturated rings. The van der Waals surface area contributed by atoms with Crippen molar-refractivity contribution in [2.45, 2.75) is 51.4 Å². The van der Waals surface area contributed by atoms with Crippen molar-refractivity contribution in [1.29, 1.82) is 0 Å². The lowest BCUT2D eigenvalue weighted by atomic mass is 9.75. The molecule has 2 aliphatic rings. The number of aryl methyl sites for hydroxylation is 1. The monoisotopic (exact) mass is 335 g/mol. The summed E-state index contributed by atoms with van der Waals surface area (Å²) >= 11 is 3.83. The predicted octanol–water partition coefficient (Wildman–Crippen LogP) is 5.17. The Morgan fingerprint density at radius 2 is 1.80 bits per heavy atom. The van der Waals surface area contributed by atoms with E-state index in [1.807, 2.05) is 0 Å². The Hall–Kier alpha value is -0.500. The van der Waals surface area contributed by atoms with Crippen LogP contribution in [0.1, 0.15) is 50.5 Å².